The van der Waals surface area contributed by atoms with Gasteiger partial charge in [0.1, 0.15) is 6.10 Å². The van der Waals surface area contributed by atoms with Gasteiger partial charge in [-0.3, -0.25) is 4.79 Å². The third-order valence-corrected chi connectivity index (χ3v) is 6.24. The van der Waals surface area contributed by atoms with Gasteiger partial charge in [0.2, 0.25) is 0 Å². The van der Waals surface area contributed by atoms with Gasteiger partial charge in [0, 0.05) is 13.0 Å². The van der Waals surface area contributed by atoms with Crippen molar-refractivity contribution < 1.29 is 28.8 Å². The van der Waals surface area contributed by atoms with E-state index in [-0.39, 0.29) is 36.5 Å². The smallest absolute Gasteiger partial charge is 0.306 e. The first kappa shape index (κ1) is 20.8. The van der Waals surface area contributed by atoms with Crippen LogP contribution in [0.25, 0.3) is 0 Å². The molecule has 4 rings (SSSR count). The molecular weight excluding hydrogens is 372 g/mol. The average Bonchev–Trinajstić information content (AvgIpc) is 3.48. The molecule has 3 saturated heterocycles. The molecule has 6 nitrogen and oxygen atoms in total. The van der Waals surface area contributed by atoms with E-state index in [9.17, 15) is 9.90 Å². The molecule has 3 heterocycles. The number of esters is 1. The van der Waals surface area contributed by atoms with Crippen LogP contribution in [0, 0.1) is 0 Å². The summed E-state index contributed by atoms with van der Waals surface area (Å²) in [7, 11) is 0. The summed E-state index contributed by atoms with van der Waals surface area (Å²) in [5.74, 6) is -0.116. The zero-order valence-corrected chi connectivity index (χ0v) is 16.9. The molecule has 0 bridgehead atoms. The number of hydrogen-bond donors (Lipinski definition) is 1. The van der Waals surface area contributed by atoms with Crippen LogP contribution in [0.15, 0.2) is 30.3 Å². The van der Waals surface area contributed by atoms with E-state index >= 15 is 0 Å². The Kier molecular flexibility index (Phi) is 7.19. The summed E-state index contributed by atoms with van der Waals surface area (Å²) in [6.07, 6.45) is 5.76. The highest BCUT2D eigenvalue weighted by atomic mass is 16.6. The average molecular weight is 405 g/mol. The third kappa shape index (κ3) is 5.57. The number of carbonyl (C=O) groups excluding carboxylic acids is 1. The van der Waals surface area contributed by atoms with Crippen molar-refractivity contribution in [3.05, 3.63) is 35.9 Å². The number of rotatable bonds is 9. The van der Waals surface area contributed by atoms with E-state index in [0.717, 1.165) is 44.1 Å². The molecule has 1 N–H and O–H groups in total. The van der Waals surface area contributed by atoms with E-state index in [0.29, 0.717) is 26.1 Å². The highest BCUT2D eigenvalue weighted by Gasteiger charge is 2.43. The molecule has 0 unspecified atom stereocenters. The Hall–Kier alpha value is -1.47. The van der Waals surface area contributed by atoms with Crippen LogP contribution in [-0.2, 0) is 30.3 Å². The molecule has 3 fully saturated rings. The van der Waals surface area contributed by atoms with Gasteiger partial charge in [-0.15, -0.1) is 0 Å². The Balaban J connectivity index is 1.12. The van der Waals surface area contributed by atoms with Crippen LogP contribution >= 0.6 is 0 Å². The van der Waals surface area contributed by atoms with E-state index in [1.54, 1.807) is 0 Å². The number of benzene rings is 1. The molecule has 29 heavy (non-hydrogen) atoms. The maximum Gasteiger partial charge on any atom is 0.306 e. The van der Waals surface area contributed by atoms with Crippen LogP contribution in [-0.4, -0.2) is 54.3 Å². The molecule has 6 heteroatoms. The fraction of sp³-hybridized carbons (Fsp3) is 0.696. The first-order chi connectivity index (χ1) is 14.2. The van der Waals surface area contributed by atoms with Gasteiger partial charge in [0.05, 0.1) is 37.1 Å². The second kappa shape index (κ2) is 10.0. The molecule has 0 aliphatic carbocycles. The number of cyclic esters (lactones) is 1. The predicted molar refractivity (Wildman–Crippen MR) is 106 cm³/mol. The molecular formula is C23H32O6. The van der Waals surface area contributed by atoms with E-state index in [2.05, 4.69) is 0 Å². The molecule has 1 aromatic rings. The maximum atomic E-state index is 11.3. The van der Waals surface area contributed by atoms with Gasteiger partial charge in [0.15, 0.2) is 0 Å². The Morgan fingerprint density at radius 1 is 0.966 bits per heavy atom. The molecule has 1 aromatic carbocycles. The highest BCUT2D eigenvalue weighted by molar-refractivity contribution is 5.71. The number of ether oxygens (including phenoxy) is 4. The lowest BCUT2D eigenvalue weighted by atomic mass is 10.0. The molecule has 3 aliphatic rings. The number of aliphatic hydroxyl groups excluding tert-OH is 1. The monoisotopic (exact) mass is 404 g/mol. The van der Waals surface area contributed by atoms with Gasteiger partial charge in [-0.1, -0.05) is 30.3 Å². The molecule has 0 radical (unpaired) electrons. The minimum Gasteiger partial charge on any atom is -0.460 e. The van der Waals surface area contributed by atoms with Crippen LogP contribution < -0.4 is 0 Å². The second-order valence-electron chi connectivity index (χ2n) is 8.40. The Morgan fingerprint density at radius 3 is 2.45 bits per heavy atom. The lowest BCUT2D eigenvalue weighted by molar-refractivity contribution is -0.149. The molecule has 3 aliphatic heterocycles. The Bertz CT molecular complexity index is 650. The quantitative estimate of drug-likeness (QED) is 0.503. The molecule has 0 aromatic heterocycles. The zero-order chi connectivity index (χ0) is 20.1. The molecule has 0 saturated carbocycles. The van der Waals surface area contributed by atoms with Crippen LogP contribution in [0.2, 0.25) is 0 Å². The van der Waals surface area contributed by atoms with Gasteiger partial charge in [-0.25, -0.2) is 0 Å². The van der Waals surface area contributed by atoms with E-state index in [1.165, 1.54) is 0 Å². The summed E-state index contributed by atoms with van der Waals surface area (Å²) in [6.45, 7) is 1.24. The van der Waals surface area contributed by atoms with Crippen LogP contribution in [0.4, 0.5) is 0 Å². The Morgan fingerprint density at radius 2 is 1.69 bits per heavy atom. The minimum absolute atomic E-state index is 0.000729. The van der Waals surface area contributed by atoms with Crippen molar-refractivity contribution in [1.82, 2.24) is 0 Å². The van der Waals surface area contributed by atoms with Crippen molar-refractivity contribution in [3.8, 4) is 0 Å². The van der Waals surface area contributed by atoms with Crippen molar-refractivity contribution in [2.24, 2.45) is 0 Å². The fourth-order valence-electron chi connectivity index (χ4n) is 4.64. The first-order valence-electron chi connectivity index (χ1n) is 11.0. The molecule has 0 spiro atoms. The predicted octanol–water partition coefficient (Wildman–Crippen LogP) is 3.15. The fourth-order valence-corrected chi connectivity index (χ4v) is 4.64. The summed E-state index contributed by atoms with van der Waals surface area (Å²) in [5.41, 5.74) is 1.16. The summed E-state index contributed by atoms with van der Waals surface area (Å²) >= 11 is 0. The van der Waals surface area contributed by atoms with Gasteiger partial charge in [-0.05, 0) is 50.5 Å². The number of aliphatic hydroxyl groups is 1. The maximum absolute atomic E-state index is 11.3. The summed E-state index contributed by atoms with van der Waals surface area (Å²) in [5, 5.41) is 10.5. The summed E-state index contributed by atoms with van der Waals surface area (Å²) in [6, 6.07) is 10.1. The van der Waals surface area contributed by atoms with E-state index in [4.69, 9.17) is 18.9 Å². The van der Waals surface area contributed by atoms with Crippen LogP contribution in [0.3, 0.4) is 0 Å². The molecule has 6 atom stereocenters. The number of carbonyl (C=O) groups is 1. The van der Waals surface area contributed by atoms with Crippen molar-refractivity contribution in [2.45, 2.75) is 94.6 Å². The van der Waals surface area contributed by atoms with E-state index < -0.39 is 6.10 Å². The van der Waals surface area contributed by atoms with Crippen molar-refractivity contribution in [3.63, 3.8) is 0 Å². The van der Waals surface area contributed by atoms with Gasteiger partial charge >= 0.3 is 5.97 Å². The second-order valence-corrected chi connectivity index (χ2v) is 8.40. The first-order valence-corrected chi connectivity index (χ1v) is 11.0. The normalized spacial score (nSPS) is 33.1. The van der Waals surface area contributed by atoms with E-state index in [1.807, 2.05) is 30.3 Å². The molecule has 0 amide bonds. The zero-order valence-electron chi connectivity index (χ0n) is 16.9. The largest absolute Gasteiger partial charge is 0.460 e. The van der Waals surface area contributed by atoms with Crippen molar-refractivity contribution in [1.29, 1.82) is 0 Å². The third-order valence-electron chi connectivity index (χ3n) is 6.24. The van der Waals surface area contributed by atoms with Crippen molar-refractivity contribution in [2.75, 3.05) is 6.61 Å². The lowest BCUT2D eigenvalue weighted by Crippen LogP contribution is -2.33. The summed E-state index contributed by atoms with van der Waals surface area (Å²) < 4.78 is 23.3. The van der Waals surface area contributed by atoms with Gasteiger partial charge < -0.3 is 24.1 Å². The molecule has 160 valence electrons. The van der Waals surface area contributed by atoms with Gasteiger partial charge in [-0.2, -0.15) is 0 Å². The SMILES string of the molecule is O=C1CC[C@H]([C@H]2CC[C@@H]([C@H]3CC[C@@H]([C@H](O)CCCOCc4ccccc4)O3)O2)O1. The standard InChI is InChI=1S/C23H32O6/c24-17(7-4-14-26-15-16-5-2-1-3-6-16)18-8-9-19(27-18)20-10-11-21(28-20)22-12-13-23(25)29-22/h1-3,5-6,17-22,24H,4,7-15H2/t17-,18+,19-,20+,21-,22-/m1/s1. The van der Waals surface area contributed by atoms with Gasteiger partial charge in [0.25, 0.3) is 0 Å². The topological polar surface area (TPSA) is 74.2 Å². The van der Waals surface area contributed by atoms with Crippen LogP contribution in [0.5, 0.6) is 0 Å². The number of hydrogen-bond acceptors (Lipinski definition) is 6. The van der Waals surface area contributed by atoms with Crippen LogP contribution in [0.1, 0.15) is 56.9 Å². The highest BCUT2D eigenvalue weighted by Crippen LogP contribution is 2.36. The van der Waals surface area contributed by atoms with Crippen molar-refractivity contribution >= 4 is 5.97 Å². The summed E-state index contributed by atoms with van der Waals surface area (Å²) in [4.78, 5) is 11.3. The minimum atomic E-state index is -0.465. The Labute approximate surface area is 172 Å². The lowest BCUT2D eigenvalue weighted by Gasteiger charge is -2.24.